The third-order valence-corrected chi connectivity index (χ3v) is 4.05. The van der Waals surface area contributed by atoms with Gasteiger partial charge in [0.05, 0.1) is 12.1 Å². The lowest BCUT2D eigenvalue weighted by atomic mass is 10.0. The summed E-state index contributed by atoms with van der Waals surface area (Å²) < 4.78 is 6.45. The predicted molar refractivity (Wildman–Crippen MR) is 94.7 cm³/mol. The molecule has 0 fully saturated rings. The molecule has 0 saturated heterocycles. The lowest BCUT2D eigenvalue weighted by molar-refractivity contribution is 0.0520. The van der Waals surface area contributed by atoms with E-state index in [-0.39, 0.29) is 18.1 Å². The Labute approximate surface area is 144 Å². The van der Waals surface area contributed by atoms with Gasteiger partial charge in [-0.25, -0.2) is 4.79 Å². The van der Waals surface area contributed by atoms with E-state index >= 15 is 0 Å². The number of carbonyl (C=O) groups is 1. The molecule has 1 aromatic carbocycles. The van der Waals surface area contributed by atoms with E-state index in [0.29, 0.717) is 17.4 Å². The molecule has 2 heterocycles. The molecule has 0 spiro atoms. The largest absolute Gasteiger partial charge is 0.494 e. The van der Waals surface area contributed by atoms with Gasteiger partial charge >= 0.3 is 5.97 Å². The topological polar surface area (TPSA) is 81.4 Å². The highest BCUT2D eigenvalue weighted by Gasteiger charge is 2.23. The second-order valence-electron chi connectivity index (χ2n) is 5.46. The lowest BCUT2D eigenvalue weighted by Gasteiger charge is -2.15. The predicted octanol–water partition coefficient (Wildman–Crippen LogP) is 2.97. The fourth-order valence-corrected chi connectivity index (χ4v) is 2.86. The number of aromatic hydroxyl groups is 1. The van der Waals surface area contributed by atoms with Gasteiger partial charge in [0.15, 0.2) is 5.56 Å². The fraction of sp³-hybridized carbons (Fsp3) is 0.211. The number of aryl methyl sites for hydroxylation is 1. The summed E-state index contributed by atoms with van der Waals surface area (Å²) in [5, 5.41) is 10.8. The number of rotatable bonds is 4. The zero-order chi connectivity index (χ0) is 18.0. The summed E-state index contributed by atoms with van der Waals surface area (Å²) in [5.74, 6) is -1.18. The van der Waals surface area contributed by atoms with Crippen LogP contribution in [0.3, 0.4) is 0 Å². The Balaban J connectivity index is 2.30. The molecule has 0 bridgehead atoms. The zero-order valence-corrected chi connectivity index (χ0v) is 14.0. The number of benzene rings is 1. The summed E-state index contributed by atoms with van der Waals surface area (Å²) >= 11 is 0. The molecule has 25 heavy (non-hydrogen) atoms. The van der Waals surface area contributed by atoms with Crippen molar-refractivity contribution < 1.29 is 14.6 Å². The molecule has 0 aliphatic heterocycles. The van der Waals surface area contributed by atoms with Crippen LogP contribution in [0, 0.1) is 0 Å². The minimum atomic E-state index is -0.813. The third kappa shape index (κ3) is 2.87. The maximum absolute atomic E-state index is 12.7. The van der Waals surface area contributed by atoms with Crippen LogP contribution in [-0.2, 0) is 11.3 Å². The molecule has 0 aliphatic rings. The fourth-order valence-electron chi connectivity index (χ4n) is 2.86. The molecule has 0 radical (unpaired) electrons. The molecular formula is C19H18N2O4. The zero-order valence-electron chi connectivity index (χ0n) is 14.0. The Bertz CT molecular complexity index is 994. The Morgan fingerprint density at radius 3 is 2.52 bits per heavy atom. The number of pyridine rings is 2. The molecule has 2 aromatic heterocycles. The van der Waals surface area contributed by atoms with Gasteiger partial charge in [-0.1, -0.05) is 6.07 Å². The normalized spacial score (nSPS) is 10.8. The van der Waals surface area contributed by atoms with Crippen LogP contribution >= 0.6 is 0 Å². The lowest BCUT2D eigenvalue weighted by Crippen LogP contribution is -2.21. The summed E-state index contributed by atoms with van der Waals surface area (Å²) in [6.07, 6.45) is 3.38. The smallest absolute Gasteiger partial charge is 0.347 e. The van der Waals surface area contributed by atoms with E-state index in [1.807, 2.05) is 31.2 Å². The van der Waals surface area contributed by atoms with Crippen LogP contribution in [0.1, 0.15) is 24.2 Å². The molecule has 0 amide bonds. The Morgan fingerprint density at radius 2 is 1.88 bits per heavy atom. The number of esters is 1. The Kier molecular flexibility index (Phi) is 4.52. The molecule has 0 saturated carbocycles. The molecule has 1 N–H and O–H groups in total. The van der Waals surface area contributed by atoms with E-state index in [1.54, 1.807) is 25.4 Å². The number of ether oxygens (including phenoxy) is 1. The first-order valence-corrected chi connectivity index (χ1v) is 8.05. The van der Waals surface area contributed by atoms with Gasteiger partial charge < -0.3 is 14.4 Å². The van der Waals surface area contributed by atoms with Crippen molar-refractivity contribution in [2.75, 3.05) is 6.61 Å². The summed E-state index contributed by atoms with van der Waals surface area (Å²) in [4.78, 5) is 28.8. The standard InChI is InChI=1S/C19H18N2O4/c1-3-21-15-11-13(12-7-9-20-10-8-12)5-6-14(15)17(22)16(18(21)23)19(24)25-4-2/h5-11,23H,3-4H2,1-2H3. The van der Waals surface area contributed by atoms with Gasteiger partial charge in [-0.3, -0.25) is 9.78 Å². The number of hydrogen-bond acceptors (Lipinski definition) is 5. The van der Waals surface area contributed by atoms with E-state index in [1.165, 1.54) is 4.57 Å². The molecule has 0 atom stereocenters. The molecular weight excluding hydrogens is 320 g/mol. The average Bonchev–Trinajstić information content (AvgIpc) is 2.63. The van der Waals surface area contributed by atoms with Gasteiger partial charge in [0.1, 0.15) is 0 Å². The highest BCUT2D eigenvalue weighted by molar-refractivity contribution is 5.97. The van der Waals surface area contributed by atoms with Crippen LogP contribution in [0.25, 0.3) is 22.0 Å². The Hall–Kier alpha value is -3.15. The van der Waals surface area contributed by atoms with Gasteiger partial charge in [0.25, 0.3) is 0 Å². The Morgan fingerprint density at radius 1 is 1.16 bits per heavy atom. The summed E-state index contributed by atoms with van der Waals surface area (Å²) in [5.41, 5.74) is 1.54. The number of aromatic nitrogens is 2. The van der Waals surface area contributed by atoms with Gasteiger partial charge in [-0.15, -0.1) is 0 Å². The van der Waals surface area contributed by atoms with Crippen LogP contribution in [0.15, 0.2) is 47.5 Å². The van der Waals surface area contributed by atoms with Crippen LogP contribution in [0.4, 0.5) is 0 Å². The van der Waals surface area contributed by atoms with Crippen molar-refractivity contribution in [1.29, 1.82) is 0 Å². The van der Waals surface area contributed by atoms with Crippen molar-refractivity contribution >= 4 is 16.9 Å². The monoisotopic (exact) mass is 338 g/mol. The average molecular weight is 338 g/mol. The summed E-state index contributed by atoms with van der Waals surface area (Å²) in [6.45, 7) is 4.00. The summed E-state index contributed by atoms with van der Waals surface area (Å²) in [6, 6.07) is 9.03. The van der Waals surface area contributed by atoms with Gasteiger partial charge in [-0.05, 0) is 49.2 Å². The number of nitrogens with zero attached hydrogens (tertiary/aromatic N) is 2. The van der Waals surface area contributed by atoms with Crippen molar-refractivity contribution in [3.05, 3.63) is 58.5 Å². The highest BCUT2D eigenvalue weighted by Crippen LogP contribution is 2.27. The van der Waals surface area contributed by atoms with Crippen LogP contribution in [0.2, 0.25) is 0 Å². The maximum Gasteiger partial charge on any atom is 0.347 e. The highest BCUT2D eigenvalue weighted by atomic mass is 16.5. The SMILES string of the molecule is CCOC(=O)c1c(O)n(CC)c2cc(-c3ccncc3)ccc2c1=O. The molecule has 0 unspecified atom stereocenters. The van der Waals surface area contributed by atoms with Crippen molar-refractivity contribution in [2.24, 2.45) is 0 Å². The van der Waals surface area contributed by atoms with Crippen LogP contribution < -0.4 is 5.43 Å². The maximum atomic E-state index is 12.7. The number of hydrogen-bond donors (Lipinski definition) is 1. The van der Waals surface area contributed by atoms with Gasteiger partial charge in [0, 0.05) is 24.3 Å². The van der Waals surface area contributed by atoms with E-state index in [0.717, 1.165) is 11.1 Å². The van der Waals surface area contributed by atoms with Gasteiger partial charge in [-0.2, -0.15) is 0 Å². The molecule has 3 aromatic rings. The number of fused-ring (bicyclic) bond motifs is 1. The van der Waals surface area contributed by atoms with Crippen molar-refractivity contribution in [2.45, 2.75) is 20.4 Å². The second kappa shape index (κ2) is 6.76. The first-order chi connectivity index (χ1) is 12.1. The van der Waals surface area contributed by atoms with E-state index in [2.05, 4.69) is 4.98 Å². The molecule has 6 nitrogen and oxygen atoms in total. The van der Waals surface area contributed by atoms with E-state index < -0.39 is 11.4 Å². The second-order valence-corrected chi connectivity index (χ2v) is 5.46. The quantitative estimate of drug-likeness (QED) is 0.740. The first-order valence-electron chi connectivity index (χ1n) is 8.05. The van der Waals surface area contributed by atoms with Crippen molar-refractivity contribution in [3.63, 3.8) is 0 Å². The van der Waals surface area contributed by atoms with Gasteiger partial charge in [0.2, 0.25) is 11.3 Å². The molecule has 3 rings (SSSR count). The molecule has 6 heteroatoms. The van der Waals surface area contributed by atoms with Crippen molar-refractivity contribution in [3.8, 4) is 17.0 Å². The van der Waals surface area contributed by atoms with E-state index in [9.17, 15) is 14.7 Å². The van der Waals surface area contributed by atoms with Crippen molar-refractivity contribution in [1.82, 2.24) is 9.55 Å². The van der Waals surface area contributed by atoms with Crippen LogP contribution in [-0.4, -0.2) is 27.2 Å². The minimum absolute atomic E-state index is 0.128. The van der Waals surface area contributed by atoms with E-state index in [4.69, 9.17) is 4.74 Å². The minimum Gasteiger partial charge on any atom is -0.494 e. The molecule has 0 aliphatic carbocycles. The molecule has 128 valence electrons. The first kappa shape index (κ1) is 16.7. The summed E-state index contributed by atoms with van der Waals surface area (Å²) in [7, 11) is 0. The number of carbonyl (C=O) groups excluding carboxylic acids is 1. The van der Waals surface area contributed by atoms with Crippen LogP contribution in [0.5, 0.6) is 5.88 Å². The third-order valence-electron chi connectivity index (χ3n) is 4.05.